The van der Waals surface area contributed by atoms with Gasteiger partial charge in [0.15, 0.2) is 0 Å². The summed E-state index contributed by atoms with van der Waals surface area (Å²) in [5.41, 5.74) is 4.65. The lowest BCUT2D eigenvalue weighted by atomic mass is 10.4. The van der Waals surface area contributed by atoms with Gasteiger partial charge in [0.1, 0.15) is 0 Å². The number of carbonyl (C=O) groups is 2. The van der Waals surface area contributed by atoms with Crippen LogP contribution in [0.2, 0.25) is 0 Å². The lowest BCUT2D eigenvalue weighted by Gasteiger charge is -1.79. The highest BCUT2D eigenvalue weighted by Gasteiger charge is 1.90. The van der Waals surface area contributed by atoms with Gasteiger partial charge in [-0.25, -0.2) is 4.79 Å². The lowest BCUT2D eigenvalue weighted by Crippen LogP contribution is -2.01. The third-order valence-electron chi connectivity index (χ3n) is 0.365. The highest BCUT2D eigenvalue weighted by Crippen LogP contribution is 1.81. The Hall–Kier alpha value is -1.32. The van der Waals surface area contributed by atoms with Gasteiger partial charge in [-0.3, -0.25) is 4.79 Å². The quantitative estimate of drug-likeness (QED) is 0.515. The summed E-state index contributed by atoms with van der Waals surface area (Å²) in [4.78, 5) is 18.8. The number of amides is 1. The number of carbonyl (C=O) groups excluding carboxylic acids is 1. The molecule has 58 valence electrons. The van der Waals surface area contributed by atoms with E-state index in [0.29, 0.717) is 0 Å². The van der Waals surface area contributed by atoms with Gasteiger partial charge in [0.05, 0.1) is 0 Å². The molecule has 0 radical (unpaired) electrons. The molecule has 0 fully saturated rings. The molecular formula is C6H11NO3. The summed E-state index contributed by atoms with van der Waals surface area (Å²) in [5, 5.41) is 7.89. The molecule has 4 heteroatoms. The van der Waals surface area contributed by atoms with Crippen molar-refractivity contribution in [2.24, 2.45) is 5.73 Å². The van der Waals surface area contributed by atoms with E-state index in [1.165, 1.54) is 13.8 Å². The predicted octanol–water partition coefficient (Wildman–Crippen LogP) is 0.139. The van der Waals surface area contributed by atoms with Crippen LogP contribution in [-0.2, 0) is 9.59 Å². The van der Waals surface area contributed by atoms with E-state index < -0.39 is 5.97 Å². The summed E-state index contributed by atoms with van der Waals surface area (Å²) in [6, 6.07) is 0. The van der Waals surface area contributed by atoms with E-state index in [2.05, 4.69) is 12.3 Å². The number of hydrogen-bond donors (Lipinski definition) is 2. The Morgan fingerprint density at radius 2 is 1.50 bits per heavy atom. The second kappa shape index (κ2) is 5.81. The maximum absolute atomic E-state index is 9.60. The Balaban J connectivity index is 0. The fraction of sp³-hybridized carbons (Fsp3) is 0.333. The highest BCUT2D eigenvalue weighted by atomic mass is 16.4. The summed E-state index contributed by atoms with van der Waals surface area (Å²) in [7, 11) is 0. The molecule has 0 aromatic rings. The van der Waals surface area contributed by atoms with Crippen LogP contribution in [0.4, 0.5) is 0 Å². The molecule has 4 nitrogen and oxygen atoms in total. The second-order valence-corrected chi connectivity index (χ2v) is 1.70. The summed E-state index contributed by atoms with van der Waals surface area (Å²) in [5.74, 6) is -1.27. The summed E-state index contributed by atoms with van der Waals surface area (Å²) >= 11 is 0. The Morgan fingerprint density at radius 1 is 1.40 bits per heavy atom. The van der Waals surface area contributed by atoms with E-state index >= 15 is 0 Å². The summed E-state index contributed by atoms with van der Waals surface area (Å²) in [6.45, 7) is 5.91. The van der Waals surface area contributed by atoms with Gasteiger partial charge in [-0.15, -0.1) is 0 Å². The number of nitrogens with two attached hydrogens (primary N) is 1. The molecule has 0 aromatic carbocycles. The summed E-state index contributed by atoms with van der Waals surface area (Å²) < 4.78 is 0. The Bertz CT molecular complexity index is 135. The van der Waals surface area contributed by atoms with E-state index in [9.17, 15) is 9.59 Å². The summed E-state index contributed by atoms with van der Waals surface area (Å²) in [6.07, 6.45) is 0. The Kier molecular flexibility index (Phi) is 6.67. The van der Waals surface area contributed by atoms with Crippen molar-refractivity contribution in [1.82, 2.24) is 0 Å². The highest BCUT2D eigenvalue weighted by molar-refractivity contribution is 5.84. The molecule has 0 heterocycles. The zero-order valence-corrected chi connectivity index (χ0v) is 6.05. The predicted molar refractivity (Wildman–Crippen MR) is 37.3 cm³/mol. The van der Waals surface area contributed by atoms with Gasteiger partial charge in [0.25, 0.3) is 0 Å². The normalized spacial score (nSPS) is 7.00. The first kappa shape index (κ1) is 11.5. The third-order valence-corrected chi connectivity index (χ3v) is 0.365. The number of aliphatic carboxylic acids is 1. The van der Waals surface area contributed by atoms with Crippen LogP contribution in [0.25, 0.3) is 0 Å². The molecule has 0 saturated carbocycles. The lowest BCUT2D eigenvalue weighted by molar-refractivity contribution is -0.132. The van der Waals surface area contributed by atoms with Crippen LogP contribution in [-0.4, -0.2) is 17.0 Å². The van der Waals surface area contributed by atoms with Crippen molar-refractivity contribution >= 4 is 11.9 Å². The minimum absolute atomic E-state index is 0.176. The fourth-order valence-corrected chi connectivity index (χ4v) is 0. The number of hydrogen-bond acceptors (Lipinski definition) is 2. The van der Waals surface area contributed by atoms with Crippen LogP contribution in [0.3, 0.4) is 0 Å². The van der Waals surface area contributed by atoms with E-state index in [-0.39, 0.29) is 11.5 Å². The molecule has 0 aliphatic carbocycles. The second-order valence-electron chi connectivity index (χ2n) is 1.70. The fourth-order valence-electron chi connectivity index (χ4n) is 0. The number of primary amides is 1. The first-order valence-electron chi connectivity index (χ1n) is 2.52. The van der Waals surface area contributed by atoms with Crippen molar-refractivity contribution in [2.45, 2.75) is 13.8 Å². The Labute approximate surface area is 59.3 Å². The van der Waals surface area contributed by atoms with Crippen LogP contribution in [0, 0.1) is 0 Å². The largest absolute Gasteiger partial charge is 0.478 e. The molecule has 0 atom stereocenters. The average molecular weight is 145 g/mol. The zero-order valence-electron chi connectivity index (χ0n) is 6.05. The van der Waals surface area contributed by atoms with Gasteiger partial charge >= 0.3 is 5.97 Å². The van der Waals surface area contributed by atoms with Crippen LogP contribution in [0.15, 0.2) is 12.2 Å². The van der Waals surface area contributed by atoms with Crippen molar-refractivity contribution in [3.8, 4) is 0 Å². The zero-order chi connectivity index (χ0) is 8.73. The van der Waals surface area contributed by atoms with Crippen molar-refractivity contribution in [2.75, 3.05) is 0 Å². The molecule has 0 rings (SSSR count). The molecule has 0 unspecified atom stereocenters. The molecule has 0 aliphatic heterocycles. The van der Waals surface area contributed by atoms with Gasteiger partial charge < -0.3 is 10.8 Å². The molecule has 0 aliphatic rings. The molecule has 3 N–H and O–H groups in total. The van der Waals surface area contributed by atoms with Gasteiger partial charge in [-0.1, -0.05) is 6.58 Å². The topological polar surface area (TPSA) is 80.4 Å². The first-order valence-corrected chi connectivity index (χ1v) is 2.52. The van der Waals surface area contributed by atoms with Crippen LogP contribution in [0.1, 0.15) is 13.8 Å². The van der Waals surface area contributed by atoms with Crippen molar-refractivity contribution in [1.29, 1.82) is 0 Å². The maximum atomic E-state index is 9.60. The van der Waals surface area contributed by atoms with Crippen LogP contribution < -0.4 is 5.73 Å². The van der Waals surface area contributed by atoms with E-state index in [1.807, 2.05) is 0 Å². The van der Waals surface area contributed by atoms with Crippen molar-refractivity contribution < 1.29 is 14.7 Å². The molecule has 10 heavy (non-hydrogen) atoms. The van der Waals surface area contributed by atoms with Crippen molar-refractivity contribution in [3.63, 3.8) is 0 Å². The minimum Gasteiger partial charge on any atom is -0.478 e. The Morgan fingerprint density at radius 3 is 1.50 bits per heavy atom. The van der Waals surface area contributed by atoms with Gasteiger partial charge in [0, 0.05) is 12.5 Å². The minimum atomic E-state index is -0.935. The standard InChI is InChI=1S/C4H6O2.C2H5NO/c1-3(2)4(5)6;1-2(3)4/h1H2,2H3,(H,5,6);1H3,(H2,3,4). The van der Waals surface area contributed by atoms with E-state index in [4.69, 9.17) is 5.11 Å². The van der Waals surface area contributed by atoms with Gasteiger partial charge in [-0.2, -0.15) is 0 Å². The molecule has 0 bridgehead atoms. The van der Waals surface area contributed by atoms with Crippen LogP contribution >= 0.6 is 0 Å². The first-order chi connectivity index (χ1) is 4.37. The van der Waals surface area contributed by atoms with Crippen LogP contribution in [0.5, 0.6) is 0 Å². The maximum Gasteiger partial charge on any atom is 0.330 e. The smallest absolute Gasteiger partial charge is 0.330 e. The number of carboxylic acids is 1. The van der Waals surface area contributed by atoms with Crippen molar-refractivity contribution in [3.05, 3.63) is 12.2 Å². The number of rotatable bonds is 1. The van der Waals surface area contributed by atoms with E-state index in [0.717, 1.165) is 0 Å². The van der Waals surface area contributed by atoms with Gasteiger partial charge in [0.2, 0.25) is 5.91 Å². The molecule has 0 saturated heterocycles. The monoisotopic (exact) mass is 145 g/mol. The third kappa shape index (κ3) is 30.0. The molecule has 1 amide bonds. The van der Waals surface area contributed by atoms with E-state index in [1.54, 1.807) is 0 Å². The SMILES string of the molecule is C=C(C)C(=O)O.CC(N)=O. The molecule has 0 aromatic heterocycles. The molecule has 0 spiro atoms. The van der Waals surface area contributed by atoms with Gasteiger partial charge in [-0.05, 0) is 6.92 Å². The molecular weight excluding hydrogens is 134 g/mol. The average Bonchev–Trinajstić information content (AvgIpc) is 1.63. The number of carboxylic acid groups (broad SMARTS) is 1.